The van der Waals surface area contributed by atoms with Crippen LogP contribution in [0.1, 0.15) is 47.9 Å². The Morgan fingerprint density at radius 1 is 0.617 bits per heavy atom. The highest BCUT2D eigenvalue weighted by molar-refractivity contribution is 5.22. The zero-order chi connectivity index (χ0) is 42.5. The molecule has 0 fully saturated rings. The van der Waals surface area contributed by atoms with Crippen LogP contribution in [0.2, 0.25) is 0 Å². The second-order valence-corrected chi connectivity index (χ2v) is 14.6. The molecular formula is C45H58N4O11. The molecule has 60 heavy (non-hydrogen) atoms. The van der Waals surface area contributed by atoms with Gasteiger partial charge in [0.2, 0.25) is 0 Å². The van der Waals surface area contributed by atoms with Crippen LogP contribution < -0.4 is 22.5 Å². The molecule has 1 aliphatic rings. The van der Waals surface area contributed by atoms with Crippen LogP contribution in [-0.2, 0) is 68.2 Å². The Bertz CT molecular complexity index is 2210. The van der Waals surface area contributed by atoms with Gasteiger partial charge in [0, 0.05) is 36.6 Å². The smallest absolute Gasteiger partial charge is 0.332 e. The zero-order valence-corrected chi connectivity index (χ0v) is 34.7. The Hall–Kier alpha value is -5.00. The summed E-state index contributed by atoms with van der Waals surface area (Å²) in [5, 5.41) is 10.1. The standard InChI is InChI=1S/C45H58N4O11/c1-35-26-46(44(53)48(42(35)51)33-57-30-38-14-8-4-9-15-38)20-18-40(28-50)59-24-23-56-32-41(60-25-22-55-29-37-12-6-3-7-13-37)19-21-47-27-36(2)43(52)49(45(47)54)34-58-31-39-16-10-5-11-17-39/h4-6,8-17,26-27,40-41,50H,3,7,18-25,28-34H2,1-2H3/t40-,41?/m0/s1. The van der Waals surface area contributed by atoms with Gasteiger partial charge >= 0.3 is 11.4 Å². The summed E-state index contributed by atoms with van der Waals surface area (Å²) in [7, 11) is 0. The SMILES string of the molecule is Cc1cn(CCC(COCCO[C@H](CO)CCn2cc(C)c(=O)n(COCc3ccccc3)c2=O)OCCOCC2=CCCC=C2)c(=O)n(COCc2ccccc2)c1=O. The number of aliphatic hydroxyl groups excluding tert-OH is 1. The van der Waals surface area contributed by atoms with Crippen molar-refractivity contribution < 1.29 is 33.5 Å². The predicted molar refractivity (Wildman–Crippen MR) is 226 cm³/mol. The van der Waals surface area contributed by atoms with E-state index in [1.807, 2.05) is 60.7 Å². The molecule has 2 atom stereocenters. The van der Waals surface area contributed by atoms with E-state index in [2.05, 4.69) is 18.2 Å². The number of hydrogen-bond donors (Lipinski definition) is 1. The quantitative estimate of drug-likeness (QED) is 0.0869. The number of hydrogen-bond acceptors (Lipinski definition) is 11. The van der Waals surface area contributed by atoms with Crippen LogP contribution in [0.15, 0.2) is 116 Å². The van der Waals surface area contributed by atoms with Crippen molar-refractivity contribution in [2.24, 2.45) is 0 Å². The van der Waals surface area contributed by atoms with Crippen LogP contribution in [0.4, 0.5) is 0 Å². The molecule has 0 saturated carbocycles. The van der Waals surface area contributed by atoms with E-state index >= 15 is 0 Å². The van der Waals surface area contributed by atoms with Crippen LogP contribution in [0, 0.1) is 13.8 Å². The first kappa shape index (κ1) is 46.1. The lowest BCUT2D eigenvalue weighted by Gasteiger charge is -2.20. The summed E-state index contributed by atoms with van der Waals surface area (Å²) in [6.45, 7) is 5.36. The van der Waals surface area contributed by atoms with Crippen molar-refractivity contribution in [2.45, 2.75) is 91.5 Å². The first-order valence-corrected chi connectivity index (χ1v) is 20.4. The van der Waals surface area contributed by atoms with Crippen LogP contribution in [0.5, 0.6) is 0 Å². The molecule has 5 rings (SSSR count). The lowest BCUT2D eigenvalue weighted by atomic mass is 10.1. The van der Waals surface area contributed by atoms with E-state index in [4.69, 9.17) is 28.4 Å². The highest BCUT2D eigenvalue weighted by atomic mass is 16.6. The highest BCUT2D eigenvalue weighted by Gasteiger charge is 2.16. The maximum atomic E-state index is 13.4. The summed E-state index contributed by atoms with van der Waals surface area (Å²) in [5.41, 5.74) is 1.98. The van der Waals surface area contributed by atoms with E-state index in [0.29, 0.717) is 43.8 Å². The van der Waals surface area contributed by atoms with E-state index in [9.17, 15) is 24.3 Å². The lowest BCUT2D eigenvalue weighted by molar-refractivity contribution is -0.0629. The summed E-state index contributed by atoms with van der Waals surface area (Å²) in [4.78, 5) is 52.3. The van der Waals surface area contributed by atoms with Crippen molar-refractivity contribution in [1.29, 1.82) is 0 Å². The fourth-order valence-electron chi connectivity index (χ4n) is 6.54. The van der Waals surface area contributed by atoms with Gasteiger partial charge in [-0.2, -0.15) is 0 Å². The molecular weight excluding hydrogens is 773 g/mol. The Balaban J connectivity index is 1.11. The summed E-state index contributed by atoms with van der Waals surface area (Å²) in [5.74, 6) is 0. The second kappa shape index (κ2) is 24.9. The largest absolute Gasteiger partial charge is 0.394 e. The predicted octanol–water partition coefficient (Wildman–Crippen LogP) is 3.85. The maximum Gasteiger partial charge on any atom is 0.332 e. The topological polar surface area (TPSA) is 164 Å². The second-order valence-electron chi connectivity index (χ2n) is 14.6. The number of nitrogens with zero attached hydrogens (tertiary/aromatic N) is 4. The number of aromatic nitrogens is 4. The van der Waals surface area contributed by atoms with Crippen molar-refractivity contribution >= 4 is 0 Å². The molecule has 4 aromatic rings. The van der Waals surface area contributed by atoms with E-state index < -0.39 is 34.7 Å². The van der Waals surface area contributed by atoms with E-state index in [1.165, 1.54) is 15.3 Å². The highest BCUT2D eigenvalue weighted by Crippen LogP contribution is 2.10. The molecule has 1 aliphatic carbocycles. The number of ether oxygens (including phenoxy) is 6. The molecule has 0 radical (unpaired) electrons. The summed E-state index contributed by atoms with van der Waals surface area (Å²) < 4.78 is 40.3. The molecule has 1 N–H and O–H groups in total. The van der Waals surface area contributed by atoms with Crippen LogP contribution >= 0.6 is 0 Å². The fourth-order valence-corrected chi connectivity index (χ4v) is 6.54. The minimum Gasteiger partial charge on any atom is -0.394 e. The number of rotatable bonds is 27. The number of allylic oxidation sites excluding steroid dienone is 2. The fraction of sp³-hybridized carbons (Fsp3) is 0.467. The van der Waals surface area contributed by atoms with Crippen LogP contribution in [0.3, 0.4) is 0 Å². The molecule has 15 heteroatoms. The average Bonchev–Trinajstić information content (AvgIpc) is 3.27. The van der Waals surface area contributed by atoms with Crippen molar-refractivity contribution in [3.05, 3.63) is 161 Å². The summed E-state index contributed by atoms with van der Waals surface area (Å²) in [6.07, 6.45) is 11.2. The molecule has 0 saturated heterocycles. The molecule has 15 nitrogen and oxygen atoms in total. The molecule has 0 spiro atoms. The molecule has 2 aromatic carbocycles. The van der Waals surface area contributed by atoms with Gasteiger partial charge in [-0.1, -0.05) is 78.9 Å². The third kappa shape index (κ3) is 14.6. The van der Waals surface area contributed by atoms with Crippen molar-refractivity contribution in [2.75, 3.05) is 46.2 Å². The molecule has 0 amide bonds. The van der Waals surface area contributed by atoms with Gasteiger partial charge in [-0.25, -0.2) is 18.7 Å². The molecule has 324 valence electrons. The van der Waals surface area contributed by atoms with E-state index in [0.717, 1.165) is 38.7 Å². The minimum atomic E-state index is -0.587. The average molecular weight is 831 g/mol. The third-order valence-corrected chi connectivity index (χ3v) is 9.88. The molecule has 2 heterocycles. The van der Waals surface area contributed by atoms with E-state index in [1.54, 1.807) is 20.0 Å². The third-order valence-electron chi connectivity index (χ3n) is 9.88. The summed E-state index contributed by atoms with van der Waals surface area (Å²) in [6, 6.07) is 19.0. The van der Waals surface area contributed by atoms with Gasteiger partial charge in [-0.15, -0.1) is 0 Å². The van der Waals surface area contributed by atoms with Gasteiger partial charge in [0.15, 0.2) is 0 Å². The minimum absolute atomic E-state index is 0.164. The van der Waals surface area contributed by atoms with Gasteiger partial charge in [-0.3, -0.25) is 18.7 Å². The number of aryl methyl sites for hydroxylation is 4. The number of aliphatic hydroxyl groups is 1. The Kier molecular flexibility index (Phi) is 19.1. The van der Waals surface area contributed by atoms with Gasteiger partial charge in [-0.05, 0) is 56.2 Å². The van der Waals surface area contributed by atoms with Gasteiger partial charge < -0.3 is 33.5 Å². The van der Waals surface area contributed by atoms with Crippen molar-refractivity contribution in [3.63, 3.8) is 0 Å². The van der Waals surface area contributed by atoms with Gasteiger partial charge in [0.25, 0.3) is 11.1 Å². The maximum absolute atomic E-state index is 13.4. The summed E-state index contributed by atoms with van der Waals surface area (Å²) >= 11 is 0. The molecule has 0 aliphatic heterocycles. The monoisotopic (exact) mass is 830 g/mol. The Morgan fingerprint density at radius 2 is 1.13 bits per heavy atom. The zero-order valence-electron chi connectivity index (χ0n) is 34.7. The lowest BCUT2D eigenvalue weighted by Crippen LogP contribution is -2.41. The number of benzene rings is 2. The first-order chi connectivity index (χ1) is 29.2. The van der Waals surface area contributed by atoms with E-state index in [-0.39, 0.29) is 66.2 Å². The van der Waals surface area contributed by atoms with Crippen molar-refractivity contribution in [3.8, 4) is 0 Å². The Morgan fingerprint density at radius 3 is 1.65 bits per heavy atom. The van der Waals surface area contributed by atoms with Crippen LogP contribution in [-0.4, -0.2) is 81.8 Å². The van der Waals surface area contributed by atoms with Crippen LogP contribution in [0.25, 0.3) is 0 Å². The van der Waals surface area contributed by atoms with Gasteiger partial charge in [0.05, 0.1) is 71.7 Å². The normalized spacial score (nSPS) is 13.7. The van der Waals surface area contributed by atoms with Crippen molar-refractivity contribution in [1.82, 2.24) is 18.3 Å². The first-order valence-electron chi connectivity index (χ1n) is 20.4. The van der Waals surface area contributed by atoms with Gasteiger partial charge in [0.1, 0.15) is 13.5 Å². The molecule has 2 aromatic heterocycles. The molecule has 1 unspecified atom stereocenters. The Labute approximate surface area is 349 Å². The molecule has 0 bridgehead atoms.